The van der Waals surface area contributed by atoms with Crippen LogP contribution in [0.4, 0.5) is 0 Å². The summed E-state index contributed by atoms with van der Waals surface area (Å²) in [6.45, 7) is 0. The van der Waals surface area contributed by atoms with Gasteiger partial charge in [0.05, 0.1) is 33.8 Å². The van der Waals surface area contributed by atoms with E-state index in [1.54, 1.807) is 0 Å². The van der Waals surface area contributed by atoms with E-state index in [9.17, 15) is 0 Å². The Labute approximate surface area is 296 Å². The minimum Gasteiger partial charge on any atom is -0.309 e. The highest BCUT2D eigenvalue weighted by atomic mass is 15.0. The maximum atomic E-state index is 5.14. The fourth-order valence-corrected chi connectivity index (χ4v) is 7.52. The molecule has 0 saturated carbocycles. The summed E-state index contributed by atoms with van der Waals surface area (Å²) >= 11 is 0. The molecule has 0 fully saturated rings. The standard InChI is InChI=1S/C48H31N3/c1-3-11-33(12-4-1)41-17-9-19-43(49-41)38-29-37(30-39(31-38)44-20-10-18-42(50-44)34-13-5-2-6-14-34)32-25-27-40(28-26-32)51-45-21-7-15-35-23-24-36-16-8-22-46(51)48(36)47(35)45/h1-31H. The van der Waals surface area contributed by atoms with Gasteiger partial charge in [-0.1, -0.05) is 121 Å². The molecule has 0 N–H and O–H groups in total. The minimum atomic E-state index is 0.923. The van der Waals surface area contributed by atoms with Gasteiger partial charge in [-0.2, -0.15) is 0 Å². The first-order chi connectivity index (χ1) is 25.3. The summed E-state index contributed by atoms with van der Waals surface area (Å²) in [7, 11) is 0. The van der Waals surface area contributed by atoms with Gasteiger partial charge in [0.2, 0.25) is 0 Å². The van der Waals surface area contributed by atoms with Gasteiger partial charge >= 0.3 is 0 Å². The maximum absolute atomic E-state index is 5.14. The van der Waals surface area contributed by atoms with Gasteiger partial charge in [-0.3, -0.25) is 0 Å². The lowest BCUT2D eigenvalue weighted by atomic mass is 9.96. The van der Waals surface area contributed by atoms with Crippen LogP contribution in [-0.2, 0) is 0 Å². The third kappa shape index (κ3) is 5.06. The molecule has 0 aliphatic carbocycles. The predicted molar refractivity (Wildman–Crippen MR) is 212 cm³/mol. The summed E-state index contributed by atoms with van der Waals surface area (Å²) in [6.07, 6.45) is 0. The van der Waals surface area contributed by atoms with Crippen molar-refractivity contribution in [2.24, 2.45) is 0 Å². The van der Waals surface area contributed by atoms with E-state index in [2.05, 4.69) is 180 Å². The van der Waals surface area contributed by atoms with Gasteiger partial charge < -0.3 is 4.57 Å². The first-order valence-corrected chi connectivity index (χ1v) is 17.3. The molecule has 7 aromatic carbocycles. The fraction of sp³-hybridized carbons (Fsp3) is 0. The molecule has 0 aliphatic rings. The Balaban J connectivity index is 1.11. The highest BCUT2D eigenvalue weighted by Gasteiger charge is 2.17. The molecule has 3 aromatic heterocycles. The summed E-state index contributed by atoms with van der Waals surface area (Å²) in [5.74, 6) is 0. The Morgan fingerprint density at radius 3 is 1.22 bits per heavy atom. The third-order valence-electron chi connectivity index (χ3n) is 9.94. The van der Waals surface area contributed by atoms with Crippen LogP contribution in [0.5, 0.6) is 0 Å². The van der Waals surface area contributed by atoms with Crippen LogP contribution in [0.15, 0.2) is 188 Å². The molecule has 3 heteroatoms. The number of nitrogens with zero attached hydrogens (tertiary/aromatic N) is 3. The Morgan fingerprint density at radius 1 is 0.294 bits per heavy atom. The van der Waals surface area contributed by atoms with Gasteiger partial charge in [-0.05, 0) is 88.6 Å². The molecule has 0 atom stereocenters. The second-order valence-corrected chi connectivity index (χ2v) is 13.0. The lowest BCUT2D eigenvalue weighted by Crippen LogP contribution is -1.94. The number of aromatic nitrogens is 3. The topological polar surface area (TPSA) is 30.7 Å². The van der Waals surface area contributed by atoms with Gasteiger partial charge in [0.25, 0.3) is 0 Å². The normalized spacial score (nSPS) is 11.5. The first kappa shape index (κ1) is 29.1. The van der Waals surface area contributed by atoms with Gasteiger partial charge in [-0.25, -0.2) is 9.97 Å². The molecule has 238 valence electrons. The summed E-state index contributed by atoms with van der Waals surface area (Å²) in [5, 5.41) is 5.18. The predicted octanol–water partition coefficient (Wildman–Crippen LogP) is 12.5. The molecule has 0 unspecified atom stereocenters. The molecular weight excluding hydrogens is 619 g/mol. The van der Waals surface area contributed by atoms with E-state index in [1.807, 2.05) is 12.1 Å². The van der Waals surface area contributed by atoms with Crippen LogP contribution < -0.4 is 0 Å². The zero-order chi connectivity index (χ0) is 33.7. The molecule has 10 rings (SSSR count). The van der Waals surface area contributed by atoms with Crippen molar-refractivity contribution in [2.75, 3.05) is 0 Å². The molecule has 3 nitrogen and oxygen atoms in total. The van der Waals surface area contributed by atoms with Crippen molar-refractivity contribution >= 4 is 32.6 Å². The summed E-state index contributed by atoms with van der Waals surface area (Å²) < 4.78 is 2.40. The monoisotopic (exact) mass is 649 g/mol. The van der Waals surface area contributed by atoms with E-state index in [4.69, 9.17) is 9.97 Å². The first-order valence-electron chi connectivity index (χ1n) is 17.3. The van der Waals surface area contributed by atoms with Crippen LogP contribution >= 0.6 is 0 Å². The zero-order valence-electron chi connectivity index (χ0n) is 27.7. The Kier molecular flexibility index (Phi) is 6.81. The SMILES string of the molecule is c1ccc(-c2cccc(-c3cc(-c4ccc(-n5c6cccc7ccc8cccc5c8c76)cc4)cc(-c4cccc(-c5ccccc5)n4)c3)n2)cc1. The van der Waals surface area contributed by atoms with Crippen LogP contribution in [-0.4, -0.2) is 14.5 Å². The van der Waals surface area contributed by atoms with Gasteiger partial charge in [0, 0.05) is 38.7 Å². The molecule has 0 saturated heterocycles. The van der Waals surface area contributed by atoms with E-state index in [1.165, 1.54) is 32.6 Å². The van der Waals surface area contributed by atoms with Crippen molar-refractivity contribution in [1.29, 1.82) is 0 Å². The van der Waals surface area contributed by atoms with Gasteiger partial charge in [-0.15, -0.1) is 0 Å². The lowest BCUT2D eigenvalue weighted by Gasteiger charge is -2.13. The largest absolute Gasteiger partial charge is 0.309 e. The van der Waals surface area contributed by atoms with Crippen molar-refractivity contribution in [3.05, 3.63) is 188 Å². The number of rotatable bonds is 6. The van der Waals surface area contributed by atoms with Gasteiger partial charge in [0.15, 0.2) is 0 Å². The molecule has 0 radical (unpaired) electrons. The van der Waals surface area contributed by atoms with E-state index >= 15 is 0 Å². The quantitative estimate of drug-likeness (QED) is 0.168. The van der Waals surface area contributed by atoms with E-state index in [0.717, 1.165) is 61.8 Å². The second-order valence-electron chi connectivity index (χ2n) is 13.0. The number of hydrogen-bond donors (Lipinski definition) is 0. The molecule has 0 bridgehead atoms. The van der Waals surface area contributed by atoms with Crippen LogP contribution in [0.2, 0.25) is 0 Å². The molecule has 51 heavy (non-hydrogen) atoms. The Morgan fingerprint density at radius 2 is 0.725 bits per heavy atom. The number of hydrogen-bond acceptors (Lipinski definition) is 2. The second kappa shape index (κ2) is 11.9. The number of pyridine rings is 2. The zero-order valence-corrected chi connectivity index (χ0v) is 27.7. The van der Waals surface area contributed by atoms with Crippen molar-refractivity contribution in [2.45, 2.75) is 0 Å². The van der Waals surface area contributed by atoms with Crippen LogP contribution in [0, 0.1) is 0 Å². The maximum Gasteiger partial charge on any atom is 0.0709 e. The Bertz CT molecular complexity index is 2660. The van der Waals surface area contributed by atoms with Crippen LogP contribution in [0.25, 0.3) is 94.4 Å². The van der Waals surface area contributed by atoms with E-state index < -0.39 is 0 Å². The molecule has 0 aliphatic heterocycles. The average Bonchev–Trinajstić information content (AvgIpc) is 3.56. The van der Waals surface area contributed by atoms with Gasteiger partial charge in [0.1, 0.15) is 0 Å². The lowest BCUT2D eigenvalue weighted by molar-refractivity contribution is 1.18. The van der Waals surface area contributed by atoms with Crippen LogP contribution in [0.3, 0.4) is 0 Å². The van der Waals surface area contributed by atoms with Crippen molar-refractivity contribution < 1.29 is 0 Å². The van der Waals surface area contributed by atoms with E-state index in [0.29, 0.717) is 0 Å². The average molecular weight is 650 g/mol. The number of benzene rings is 7. The molecule has 0 amide bonds. The van der Waals surface area contributed by atoms with Crippen molar-refractivity contribution in [3.8, 4) is 61.8 Å². The van der Waals surface area contributed by atoms with Crippen molar-refractivity contribution in [3.63, 3.8) is 0 Å². The smallest absolute Gasteiger partial charge is 0.0709 e. The highest BCUT2D eigenvalue weighted by Crippen LogP contribution is 2.39. The van der Waals surface area contributed by atoms with Crippen LogP contribution in [0.1, 0.15) is 0 Å². The fourth-order valence-electron chi connectivity index (χ4n) is 7.52. The molecule has 10 aromatic rings. The van der Waals surface area contributed by atoms with E-state index in [-0.39, 0.29) is 0 Å². The summed E-state index contributed by atoms with van der Waals surface area (Å²) in [5.41, 5.74) is 13.9. The summed E-state index contributed by atoms with van der Waals surface area (Å²) in [6, 6.07) is 66.6. The Hall–Kier alpha value is -6.84. The highest BCUT2D eigenvalue weighted by molar-refractivity contribution is 6.24. The molecule has 0 spiro atoms. The summed E-state index contributed by atoms with van der Waals surface area (Å²) in [4.78, 5) is 10.3. The van der Waals surface area contributed by atoms with Crippen molar-refractivity contribution in [1.82, 2.24) is 14.5 Å². The molecule has 3 heterocycles. The third-order valence-corrected chi connectivity index (χ3v) is 9.94. The minimum absolute atomic E-state index is 0.923. The molecular formula is C48H31N3.